The molecule has 6 nitrogen and oxygen atoms in total. The molecule has 2 aromatic rings. The van der Waals surface area contributed by atoms with Crippen molar-refractivity contribution in [3.05, 3.63) is 41.2 Å². The van der Waals surface area contributed by atoms with Crippen molar-refractivity contribution in [1.29, 1.82) is 0 Å². The summed E-state index contributed by atoms with van der Waals surface area (Å²) in [6.45, 7) is 2.03. The van der Waals surface area contributed by atoms with Crippen LogP contribution in [0.4, 0.5) is 0 Å². The van der Waals surface area contributed by atoms with Crippen LogP contribution in [0.15, 0.2) is 34.5 Å². The maximum Gasteiger partial charge on any atom is 0.304 e. The Morgan fingerprint density at radius 2 is 2.04 bits per heavy atom. The Morgan fingerprint density at radius 1 is 1.30 bits per heavy atom. The number of thioether (sulfide) groups is 1. The zero-order valence-electron chi connectivity index (χ0n) is 12.6. The predicted molar refractivity (Wildman–Crippen MR) is 87.0 cm³/mol. The molecule has 23 heavy (non-hydrogen) atoms. The maximum absolute atomic E-state index is 11.2. The van der Waals surface area contributed by atoms with Gasteiger partial charge in [-0.15, -0.1) is 10.2 Å². The number of aryl methyl sites for hydroxylation is 1. The maximum atomic E-state index is 11.2. The van der Waals surface area contributed by atoms with Crippen LogP contribution in [0.1, 0.15) is 42.1 Å². The van der Waals surface area contributed by atoms with E-state index >= 15 is 0 Å². The number of fused-ring (bicyclic) bond motifs is 1. The molecule has 1 aromatic carbocycles. The molecule has 0 radical (unpaired) electrons. The molecule has 1 aromatic heterocycles. The molecule has 1 saturated carbocycles. The third-order valence-corrected chi connectivity index (χ3v) is 5.19. The van der Waals surface area contributed by atoms with Crippen molar-refractivity contribution in [2.75, 3.05) is 0 Å². The normalized spacial score (nSPS) is 20.0. The van der Waals surface area contributed by atoms with Gasteiger partial charge in [-0.25, -0.2) is 0 Å². The van der Waals surface area contributed by atoms with Crippen LogP contribution in [-0.4, -0.2) is 36.9 Å². The summed E-state index contributed by atoms with van der Waals surface area (Å²) in [5, 5.41) is 22.8. The van der Waals surface area contributed by atoms with Gasteiger partial charge in [-0.1, -0.05) is 41.6 Å². The van der Waals surface area contributed by atoms with E-state index in [0.29, 0.717) is 11.1 Å². The first-order chi connectivity index (χ1) is 11.1. The molecule has 0 amide bonds. The summed E-state index contributed by atoms with van der Waals surface area (Å²) < 4.78 is 1.80. The lowest BCUT2D eigenvalue weighted by molar-refractivity contribution is -0.136. The fourth-order valence-corrected chi connectivity index (χ4v) is 3.76. The zero-order chi connectivity index (χ0) is 16.0. The van der Waals surface area contributed by atoms with Crippen molar-refractivity contribution in [3.63, 3.8) is 0 Å². The van der Waals surface area contributed by atoms with Crippen LogP contribution in [0.5, 0.6) is 0 Å². The van der Waals surface area contributed by atoms with Crippen molar-refractivity contribution in [3.8, 4) is 0 Å². The van der Waals surface area contributed by atoms with Crippen LogP contribution in [0.3, 0.4) is 0 Å². The Morgan fingerprint density at radius 3 is 2.70 bits per heavy atom. The van der Waals surface area contributed by atoms with E-state index in [2.05, 4.69) is 10.2 Å². The number of carbonyl (C=O) groups is 1. The van der Waals surface area contributed by atoms with E-state index in [1.54, 1.807) is 4.68 Å². The van der Waals surface area contributed by atoms with E-state index in [-0.39, 0.29) is 11.7 Å². The summed E-state index contributed by atoms with van der Waals surface area (Å²) in [7, 11) is 0. The summed E-state index contributed by atoms with van der Waals surface area (Å²) >= 11 is 1.44. The first kappa shape index (κ1) is 14.4. The van der Waals surface area contributed by atoms with Gasteiger partial charge in [0, 0.05) is 5.92 Å². The third-order valence-electron chi connectivity index (χ3n) is 4.05. The fraction of sp³-hybridized carbons (Fsp3) is 0.375. The van der Waals surface area contributed by atoms with Crippen LogP contribution in [-0.2, 0) is 4.79 Å². The lowest BCUT2D eigenvalue weighted by Gasteiger charge is -2.22. The number of rotatable bonds is 4. The Bertz CT molecular complexity index is 793. The minimum Gasteiger partial charge on any atom is -0.481 e. The molecule has 1 fully saturated rings. The second-order valence-corrected chi connectivity index (χ2v) is 7.15. The summed E-state index contributed by atoms with van der Waals surface area (Å²) in [6.07, 6.45) is 2.26. The van der Waals surface area contributed by atoms with Gasteiger partial charge in [-0.2, -0.15) is 9.78 Å². The highest BCUT2D eigenvalue weighted by molar-refractivity contribution is 8.00. The average molecular weight is 328 g/mol. The highest BCUT2D eigenvalue weighted by atomic mass is 32.2. The number of nitrogens with zero attached hydrogens (tertiary/aromatic N) is 4. The lowest BCUT2D eigenvalue weighted by Crippen LogP contribution is -2.27. The SMILES string of the molecule is Cc1ccc(C2=Nn3c(nnc3C3CC3)SC2CC(=O)O)cc1. The summed E-state index contributed by atoms with van der Waals surface area (Å²) in [5.41, 5.74) is 2.90. The Labute approximate surface area is 137 Å². The van der Waals surface area contributed by atoms with Crippen molar-refractivity contribution in [1.82, 2.24) is 14.9 Å². The van der Waals surface area contributed by atoms with Gasteiger partial charge in [-0.3, -0.25) is 4.79 Å². The summed E-state index contributed by atoms with van der Waals surface area (Å²) in [6, 6.07) is 8.03. The molecular formula is C16H16N4O2S. The van der Waals surface area contributed by atoms with Gasteiger partial charge in [0.2, 0.25) is 5.16 Å². The van der Waals surface area contributed by atoms with Gasteiger partial charge in [0.25, 0.3) is 0 Å². The highest BCUT2D eigenvalue weighted by Gasteiger charge is 2.35. The molecular weight excluding hydrogens is 312 g/mol. The van der Waals surface area contributed by atoms with Crippen LogP contribution >= 0.6 is 11.8 Å². The Kier molecular flexibility index (Phi) is 3.45. The summed E-state index contributed by atoms with van der Waals surface area (Å²) in [5.74, 6) is 0.500. The van der Waals surface area contributed by atoms with E-state index in [1.165, 1.54) is 11.8 Å². The Balaban J connectivity index is 1.78. The van der Waals surface area contributed by atoms with Gasteiger partial charge in [-0.05, 0) is 25.3 Å². The number of aromatic nitrogens is 3. The molecule has 2 heterocycles. The number of carboxylic acid groups (broad SMARTS) is 1. The molecule has 118 valence electrons. The molecule has 4 rings (SSSR count). The number of aliphatic carboxylic acids is 1. The van der Waals surface area contributed by atoms with Gasteiger partial charge >= 0.3 is 5.97 Å². The number of carboxylic acids is 1. The van der Waals surface area contributed by atoms with E-state index in [1.807, 2.05) is 31.2 Å². The molecule has 1 N–H and O–H groups in total. The van der Waals surface area contributed by atoms with Crippen LogP contribution < -0.4 is 0 Å². The first-order valence-electron chi connectivity index (χ1n) is 7.61. The van der Waals surface area contributed by atoms with Gasteiger partial charge < -0.3 is 5.11 Å². The molecule has 2 aliphatic rings. The standard InChI is InChI=1S/C16H16N4O2S/c1-9-2-4-10(5-3-9)14-12(8-13(21)22)23-16-18-17-15(11-6-7-11)20(16)19-14/h2-5,11-12H,6-8H2,1H3,(H,21,22). The van der Waals surface area contributed by atoms with Gasteiger partial charge in [0.1, 0.15) is 0 Å². The number of benzene rings is 1. The minimum absolute atomic E-state index is 0.0169. The number of hydrogen-bond acceptors (Lipinski definition) is 5. The molecule has 1 atom stereocenters. The van der Waals surface area contributed by atoms with Crippen molar-refractivity contribution >= 4 is 23.4 Å². The average Bonchev–Trinajstić information content (AvgIpc) is 3.28. The lowest BCUT2D eigenvalue weighted by atomic mass is 10.0. The number of hydrogen-bond donors (Lipinski definition) is 1. The van der Waals surface area contributed by atoms with Crippen LogP contribution in [0.25, 0.3) is 0 Å². The van der Waals surface area contributed by atoms with Crippen LogP contribution in [0.2, 0.25) is 0 Å². The van der Waals surface area contributed by atoms with E-state index in [0.717, 1.165) is 35.5 Å². The predicted octanol–water partition coefficient (Wildman–Crippen LogP) is 2.67. The van der Waals surface area contributed by atoms with Crippen molar-refractivity contribution < 1.29 is 9.90 Å². The van der Waals surface area contributed by atoms with Gasteiger partial charge in [0.15, 0.2) is 5.82 Å². The van der Waals surface area contributed by atoms with Crippen LogP contribution in [0, 0.1) is 6.92 Å². The Hall–Kier alpha value is -2.15. The largest absolute Gasteiger partial charge is 0.481 e. The molecule has 0 bridgehead atoms. The second-order valence-electron chi connectivity index (χ2n) is 5.98. The molecule has 0 saturated heterocycles. The van der Waals surface area contributed by atoms with Crippen molar-refractivity contribution in [2.45, 2.75) is 42.5 Å². The molecule has 1 unspecified atom stereocenters. The van der Waals surface area contributed by atoms with Gasteiger partial charge in [0.05, 0.1) is 17.4 Å². The highest BCUT2D eigenvalue weighted by Crippen LogP contribution is 2.42. The third kappa shape index (κ3) is 2.76. The van der Waals surface area contributed by atoms with Crippen molar-refractivity contribution in [2.24, 2.45) is 5.10 Å². The quantitative estimate of drug-likeness (QED) is 0.933. The molecule has 1 aliphatic carbocycles. The van der Waals surface area contributed by atoms with E-state index in [9.17, 15) is 9.90 Å². The monoisotopic (exact) mass is 328 g/mol. The summed E-state index contributed by atoms with van der Waals surface area (Å²) in [4.78, 5) is 11.2. The minimum atomic E-state index is -0.835. The molecule has 7 heteroatoms. The molecule has 0 spiro atoms. The van der Waals surface area contributed by atoms with E-state index in [4.69, 9.17) is 5.10 Å². The molecule has 1 aliphatic heterocycles. The van der Waals surface area contributed by atoms with E-state index < -0.39 is 5.97 Å². The second kappa shape index (κ2) is 5.49. The first-order valence-corrected chi connectivity index (χ1v) is 8.49. The topological polar surface area (TPSA) is 80.4 Å². The fourth-order valence-electron chi connectivity index (χ4n) is 2.66. The smallest absolute Gasteiger partial charge is 0.304 e. The zero-order valence-corrected chi connectivity index (χ0v) is 13.5.